The molecule has 4 aromatic rings. The molecular formula is C32H23F2N3O4S. The number of benzene rings is 4. The minimum Gasteiger partial charge on any atom is -0.321 e. The molecule has 42 heavy (non-hydrogen) atoms. The number of anilines is 2. The van der Waals surface area contributed by atoms with E-state index in [1.807, 2.05) is 0 Å². The Hall–Kier alpha value is -5.09. The molecule has 1 heterocycles. The molecule has 10 heteroatoms. The molecule has 0 radical (unpaired) electrons. The largest absolute Gasteiger partial charge is 0.321 e. The summed E-state index contributed by atoms with van der Waals surface area (Å²) in [5.41, 5.74) is 1.55. The highest BCUT2D eigenvalue weighted by Crippen LogP contribution is 2.34. The molecule has 0 saturated carbocycles. The molecule has 1 saturated heterocycles. The van der Waals surface area contributed by atoms with Crippen LogP contribution < -0.4 is 15.5 Å². The summed E-state index contributed by atoms with van der Waals surface area (Å²) in [6.07, 6.45) is 1.44. The van der Waals surface area contributed by atoms with E-state index in [9.17, 15) is 28.0 Å². The Kier molecular flexibility index (Phi) is 8.54. The normalized spacial score (nSPS) is 15.0. The number of nitrogens with one attached hydrogen (secondary N) is 2. The van der Waals surface area contributed by atoms with Gasteiger partial charge in [0.1, 0.15) is 17.3 Å². The number of rotatable bonds is 8. The molecule has 1 aliphatic heterocycles. The molecular weight excluding hydrogens is 560 g/mol. The van der Waals surface area contributed by atoms with E-state index >= 15 is 0 Å². The molecule has 0 aromatic heterocycles. The van der Waals surface area contributed by atoms with Gasteiger partial charge in [0, 0.05) is 22.6 Å². The summed E-state index contributed by atoms with van der Waals surface area (Å²) in [6.45, 7) is 0. The second-order valence-corrected chi connectivity index (χ2v) is 10.5. The molecule has 5 rings (SSSR count). The van der Waals surface area contributed by atoms with Crippen LogP contribution in [-0.2, 0) is 14.4 Å². The maximum atomic E-state index is 13.4. The number of halogens is 2. The second-order valence-electron chi connectivity index (χ2n) is 9.26. The van der Waals surface area contributed by atoms with Crippen LogP contribution in [0.3, 0.4) is 0 Å². The van der Waals surface area contributed by atoms with Crippen LogP contribution in [0.4, 0.5) is 20.2 Å². The van der Waals surface area contributed by atoms with Crippen LogP contribution in [0, 0.1) is 11.6 Å². The highest BCUT2D eigenvalue weighted by atomic mass is 32.2. The second kappa shape index (κ2) is 12.6. The lowest BCUT2D eigenvalue weighted by molar-refractivity contribution is -0.121. The van der Waals surface area contributed by atoms with Gasteiger partial charge < -0.3 is 10.6 Å². The van der Waals surface area contributed by atoms with Gasteiger partial charge in [-0.05, 0) is 84.4 Å². The lowest BCUT2D eigenvalue weighted by Crippen LogP contribution is -2.31. The molecule has 4 amide bonds. The summed E-state index contributed by atoms with van der Waals surface area (Å²) in [7, 11) is 0. The van der Waals surface area contributed by atoms with Crippen LogP contribution >= 0.6 is 11.8 Å². The zero-order valence-corrected chi connectivity index (χ0v) is 22.7. The van der Waals surface area contributed by atoms with Crippen LogP contribution in [0.15, 0.2) is 114 Å². The molecule has 1 aliphatic rings. The number of thioether (sulfide) groups is 1. The Bertz CT molecular complexity index is 1660. The third kappa shape index (κ3) is 6.79. The summed E-state index contributed by atoms with van der Waals surface area (Å²) in [4.78, 5) is 53.2. The van der Waals surface area contributed by atoms with E-state index in [0.29, 0.717) is 27.4 Å². The summed E-state index contributed by atoms with van der Waals surface area (Å²) >= 11 is 1.21. The monoisotopic (exact) mass is 583 g/mol. The molecule has 0 bridgehead atoms. The van der Waals surface area contributed by atoms with Crippen molar-refractivity contribution in [3.63, 3.8) is 0 Å². The smallest absolute Gasteiger partial charge is 0.272 e. The quantitative estimate of drug-likeness (QED) is 0.202. The van der Waals surface area contributed by atoms with Crippen molar-refractivity contribution in [2.45, 2.75) is 16.6 Å². The fourth-order valence-corrected chi connectivity index (χ4v) is 5.26. The van der Waals surface area contributed by atoms with Gasteiger partial charge in [-0.3, -0.25) is 19.2 Å². The Morgan fingerprint density at radius 3 is 2.07 bits per heavy atom. The van der Waals surface area contributed by atoms with Crippen molar-refractivity contribution in [3.8, 4) is 0 Å². The van der Waals surface area contributed by atoms with Gasteiger partial charge in [0.2, 0.25) is 11.8 Å². The van der Waals surface area contributed by atoms with E-state index in [0.717, 1.165) is 4.90 Å². The molecule has 1 fully saturated rings. The van der Waals surface area contributed by atoms with Gasteiger partial charge in [0.15, 0.2) is 0 Å². The van der Waals surface area contributed by atoms with Gasteiger partial charge in [-0.1, -0.05) is 30.3 Å². The first kappa shape index (κ1) is 28.4. The van der Waals surface area contributed by atoms with Crippen LogP contribution in [-0.4, -0.2) is 28.9 Å². The van der Waals surface area contributed by atoms with Crippen molar-refractivity contribution in [2.75, 3.05) is 10.2 Å². The van der Waals surface area contributed by atoms with Gasteiger partial charge in [0.25, 0.3) is 11.8 Å². The minimum atomic E-state index is -0.651. The van der Waals surface area contributed by atoms with Gasteiger partial charge in [-0.25, -0.2) is 13.7 Å². The molecule has 7 nitrogen and oxygen atoms in total. The lowest BCUT2D eigenvalue weighted by atomic mass is 10.1. The minimum absolute atomic E-state index is 0.00197. The predicted octanol–water partition coefficient (Wildman–Crippen LogP) is 5.80. The standard InChI is InChI=1S/C32H23F2N3O4S/c33-22-8-6-20(7-9-22)18-27(36-30(39)21-4-2-1-3-5-21)31(40)35-24-12-16-26(17-13-24)42-28-19-29(38)37(32(28)41)25-14-10-23(34)11-15-25/h1-18,28H,19H2,(H,35,40)(H,36,39)/b27-18-. The molecule has 0 spiro atoms. The van der Waals surface area contributed by atoms with Crippen LogP contribution in [0.2, 0.25) is 0 Å². The molecule has 210 valence electrons. The van der Waals surface area contributed by atoms with E-state index in [-0.39, 0.29) is 18.0 Å². The lowest BCUT2D eigenvalue weighted by Gasteiger charge is -2.15. The summed E-state index contributed by atoms with van der Waals surface area (Å²) < 4.78 is 26.7. The predicted molar refractivity (Wildman–Crippen MR) is 157 cm³/mol. The number of imide groups is 1. The Morgan fingerprint density at radius 2 is 1.43 bits per heavy atom. The number of hydrogen-bond acceptors (Lipinski definition) is 5. The van der Waals surface area contributed by atoms with Gasteiger partial charge in [-0.2, -0.15) is 0 Å². The molecule has 4 aromatic carbocycles. The molecule has 1 unspecified atom stereocenters. The molecule has 0 aliphatic carbocycles. The average Bonchev–Trinajstić information content (AvgIpc) is 3.27. The summed E-state index contributed by atoms with van der Waals surface area (Å²) in [5.74, 6) is -2.75. The summed E-state index contributed by atoms with van der Waals surface area (Å²) in [6, 6.07) is 25.7. The topological polar surface area (TPSA) is 95.6 Å². The van der Waals surface area contributed by atoms with Crippen molar-refractivity contribution < 1.29 is 28.0 Å². The Morgan fingerprint density at radius 1 is 0.810 bits per heavy atom. The Balaban J connectivity index is 1.27. The Labute approximate surface area is 244 Å². The van der Waals surface area contributed by atoms with Crippen molar-refractivity contribution in [3.05, 3.63) is 132 Å². The van der Waals surface area contributed by atoms with Crippen molar-refractivity contribution in [1.29, 1.82) is 0 Å². The zero-order valence-electron chi connectivity index (χ0n) is 21.9. The van der Waals surface area contributed by atoms with Gasteiger partial charge in [0.05, 0.1) is 10.9 Å². The van der Waals surface area contributed by atoms with E-state index in [4.69, 9.17) is 0 Å². The zero-order chi connectivity index (χ0) is 29.6. The first-order valence-electron chi connectivity index (χ1n) is 12.8. The molecule has 1 atom stereocenters. The van der Waals surface area contributed by atoms with Gasteiger partial charge in [-0.15, -0.1) is 11.8 Å². The van der Waals surface area contributed by atoms with Crippen LogP contribution in [0.5, 0.6) is 0 Å². The van der Waals surface area contributed by atoms with E-state index in [2.05, 4.69) is 10.6 Å². The van der Waals surface area contributed by atoms with E-state index < -0.39 is 34.6 Å². The van der Waals surface area contributed by atoms with Crippen LogP contribution in [0.25, 0.3) is 6.08 Å². The van der Waals surface area contributed by atoms with Crippen LogP contribution in [0.1, 0.15) is 22.3 Å². The first-order valence-corrected chi connectivity index (χ1v) is 13.7. The van der Waals surface area contributed by atoms with Crippen molar-refractivity contribution in [2.24, 2.45) is 0 Å². The number of amides is 4. The maximum Gasteiger partial charge on any atom is 0.272 e. The number of nitrogens with zero attached hydrogens (tertiary/aromatic N) is 1. The average molecular weight is 584 g/mol. The number of hydrogen-bond donors (Lipinski definition) is 2. The molecule has 2 N–H and O–H groups in total. The fraction of sp³-hybridized carbons (Fsp3) is 0.0625. The third-order valence-corrected chi connectivity index (χ3v) is 7.49. The summed E-state index contributed by atoms with van der Waals surface area (Å²) in [5, 5.41) is 4.71. The highest BCUT2D eigenvalue weighted by Gasteiger charge is 2.40. The van der Waals surface area contributed by atoms with E-state index in [1.165, 1.54) is 66.4 Å². The fourth-order valence-electron chi connectivity index (χ4n) is 4.21. The number of carbonyl (C=O) groups is 4. The van der Waals surface area contributed by atoms with E-state index in [1.54, 1.807) is 54.6 Å². The third-order valence-electron chi connectivity index (χ3n) is 6.29. The first-order chi connectivity index (χ1) is 20.3. The number of carbonyl (C=O) groups excluding carboxylic acids is 4. The maximum absolute atomic E-state index is 13.4. The SMILES string of the molecule is O=C(Nc1ccc(SC2CC(=O)N(c3ccc(F)cc3)C2=O)cc1)/C(=C/c1ccc(F)cc1)NC(=O)c1ccccc1. The van der Waals surface area contributed by atoms with Crippen molar-refractivity contribution >= 4 is 52.8 Å². The van der Waals surface area contributed by atoms with Crippen molar-refractivity contribution in [1.82, 2.24) is 5.32 Å². The highest BCUT2D eigenvalue weighted by molar-refractivity contribution is 8.00. The van der Waals surface area contributed by atoms with Gasteiger partial charge >= 0.3 is 0 Å².